The molecule has 1 saturated carbocycles. The summed E-state index contributed by atoms with van der Waals surface area (Å²) in [6.45, 7) is 8.43. The van der Waals surface area contributed by atoms with Crippen LogP contribution in [-0.2, 0) is 10.3 Å². The van der Waals surface area contributed by atoms with E-state index in [9.17, 15) is 0 Å². The Hall–Kier alpha value is -1.10. The molecule has 1 fully saturated rings. The first-order valence-corrected chi connectivity index (χ1v) is 7.02. The molecule has 108 valence electrons. The van der Waals surface area contributed by atoms with Crippen LogP contribution < -0.4 is 5.32 Å². The van der Waals surface area contributed by atoms with E-state index in [1.165, 1.54) is 6.42 Å². The Morgan fingerprint density at radius 2 is 2.16 bits per heavy atom. The van der Waals surface area contributed by atoms with Gasteiger partial charge in [-0.25, -0.2) is 0 Å². The molecule has 2 unspecified atom stereocenters. The SMILES string of the molecule is COC1(c2noc(NC(C)(C)C)n2)CCCC(C)C1. The minimum Gasteiger partial charge on any atom is -0.370 e. The predicted octanol–water partition coefficient (Wildman–Crippen LogP) is 3.33. The molecule has 1 aromatic rings. The minimum absolute atomic E-state index is 0.0934. The van der Waals surface area contributed by atoms with Gasteiger partial charge in [0.1, 0.15) is 5.60 Å². The van der Waals surface area contributed by atoms with E-state index in [1.807, 2.05) is 0 Å². The smallest absolute Gasteiger partial charge is 0.321 e. The van der Waals surface area contributed by atoms with Crippen LogP contribution in [0.4, 0.5) is 6.01 Å². The van der Waals surface area contributed by atoms with Gasteiger partial charge in [-0.15, -0.1) is 0 Å². The first-order valence-electron chi connectivity index (χ1n) is 7.02. The van der Waals surface area contributed by atoms with Crippen molar-refractivity contribution in [2.24, 2.45) is 5.92 Å². The second-order valence-corrected chi connectivity index (χ2v) is 6.70. The molecule has 5 nitrogen and oxygen atoms in total. The number of ether oxygens (including phenoxy) is 1. The fourth-order valence-electron chi connectivity index (χ4n) is 2.76. The second kappa shape index (κ2) is 5.12. The number of nitrogens with one attached hydrogen (secondary N) is 1. The van der Waals surface area contributed by atoms with Crippen LogP contribution in [0.15, 0.2) is 4.52 Å². The van der Waals surface area contributed by atoms with Gasteiger partial charge in [-0.05, 0) is 46.0 Å². The number of hydrogen-bond donors (Lipinski definition) is 1. The van der Waals surface area contributed by atoms with E-state index in [2.05, 4.69) is 43.2 Å². The minimum atomic E-state index is -0.376. The van der Waals surface area contributed by atoms with E-state index in [-0.39, 0.29) is 11.1 Å². The number of anilines is 1. The van der Waals surface area contributed by atoms with Crippen molar-refractivity contribution in [2.45, 2.75) is 64.5 Å². The maximum absolute atomic E-state index is 5.77. The van der Waals surface area contributed by atoms with Crippen molar-refractivity contribution >= 4 is 6.01 Å². The van der Waals surface area contributed by atoms with Crippen molar-refractivity contribution in [2.75, 3.05) is 12.4 Å². The van der Waals surface area contributed by atoms with Gasteiger partial charge in [-0.1, -0.05) is 18.5 Å². The molecule has 0 amide bonds. The highest BCUT2D eigenvalue weighted by atomic mass is 16.5. The zero-order valence-electron chi connectivity index (χ0n) is 12.6. The molecule has 0 spiro atoms. The summed E-state index contributed by atoms with van der Waals surface area (Å²) in [6.07, 6.45) is 4.31. The molecule has 2 atom stereocenters. The number of nitrogens with zero attached hydrogens (tertiary/aromatic N) is 2. The maximum atomic E-state index is 5.77. The molecule has 1 N–H and O–H groups in total. The molecule has 19 heavy (non-hydrogen) atoms. The van der Waals surface area contributed by atoms with E-state index < -0.39 is 0 Å². The Balaban J connectivity index is 2.19. The van der Waals surface area contributed by atoms with Gasteiger partial charge in [0.25, 0.3) is 0 Å². The largest absolute Gasteiger partial charge is 0.370 e. The monoisotopic (exact) mass is 267 g/mol. The summed E-state index contributed by atoms with van der Waals surface area (Å²) >= 11 is 0. The van der Waals surface area contributed by atoms with Crippen molar-refractivity contribution in [3.05, 3.63) is 5.82 Å². The van der Waals surface area contributed by atoms with Gasteiger partial charge in [0.05, 0.1) is 0 Å². The van der Waals surface area contributed by atoms with Gasteiger partial charge < -0.3 is 14.6 Å². The summed E-state index contributed by atoms with van der Waals surface area (Å²) < 4.78 is 11.1. The third kappa shape index (κ3) is 3.26. The lowest BCUT2D eigenvalue weighted by Gasteiger charge is -2.36. The Morgan fingerprint density at radius 1 is 1.42 bits per heavy atom. The highest BCUT2D eigenvalue weighted by molar-refractivity contribution is 5.24. The van der Waals surface area contributed by atoms with Crippen LogP contribution in [0.3, 0.4) is 0 Å². The standard InChI is InChI=1S/C14H25N3O2/c1-10-7-6-8-14(9-10,18-5)11-15-12(19-17-11)16-13(2,3)4/h10H,6-9H2,1-5H3,(H,15,16,17). The van der Waals surface area contributed by atoms with Crippen molar-refractivity contribution in [3.63, 3.8) is 0 Å². The molecular formula is C14H25N3O2. The molecule has 0 radical (unpaired) electrons. The summed E-state index contributed by atoms with van der Waals surface area (Å²) in [7, 11) is 1.74. The zero-order valence-corrected chi connectivity index (χ0v) is 12.6. The Kier molecular flexibility index (Phi) is 3.85. The van der Waals surface area contributed by atoms with Crippen LogP contribution in [-0.4, -0.2) is 22.8 Å². The second-order valence-electron chi connectivity index (χ2n) is 6.70. The summed E-state index contributed by atoms with van der Waals surface area (Å²) in [5.74, 6) is 1.31. The van der Waals surface area contributed by atoms with Crippen LogP contribution in [0.5, 0.6) is 0 Å². The van der Waals surface area contributed by atoms with Gasteiger partial charge in [0, 0.05) is 12.6 Å². The van der Waals surface area contributed by atoms with Gasteiger partial charge in [0.2, 0.25) is 5.82 Å². The van der Waals surface area contributed by atoms with Crippen molar-refractivity contribution in [1.82, 2.24) is 10.1 Å². The average Bonchev–Trinajstić information content (AvgIpc) is 2.75. The molecule has 1 aromatic heterocycles. The summed E-state index contributed by atoms with van der Waals surface area (Å²) in [5.41, 5.74) is -0.469. The van der Waals surface area contributed by atoms with Gasteiger partial charge in [0.15, 0.2) is 0 Å². The number of rotatable bonds is 3. The Morgan fingerprint density at radius 3 is 2.74 bits per heavy atom. The highest BCUT2D eigenvalue weighted by Gasteiger charge is 2.41. The zero-order chi connectivity index (χ0) is 14.1. The topological polar surface area (TPSA) is 60.2 Å². The van der Waals surface area contributed by atoms with Crippen LogP contribution in [0.1, 0.15) is 59.2 Å². The molecule has 0 saturated heterocycles. The van der Waals surface area contributed by atoms with Crippen molar-refractivity contribution < 1.29 is 9.26 Å². The fraction of sp³-hybridized carbons (Fsp3) is 0.857. The molecule has 1 heterocycles. The van der Waals surface area contributed by atoms with Crippen molar-refractivity contribution in [1.29, 1.82) is 0 Å². The molecule has 0 aromatic carbocycles. The predicted molar refractivity (Wildman–Crippen MR) is 74.0 cm³/mol. The summed E-state index contributed by atoms with van der Waals surface area (Å²) in [6, 6.07) is 0.470. The third-order valence-electron chi connectivity index (χ3n) is 3.66. The van der Waals surface area contributed by atoms with Crippen LogP contribution >= 0.6 is 0 Å². The van der Waals surface area contributed by atoms with E-state index in [0.717, 1.165) is 19.3 Å². The van der Waals surface area contributed by atoms with Crippen molar-refractivity contribution in [3.8, 4) is 0 Å². The fourth-order valence-corrected chi connectivity index (χ4v) is 2.76. The Bertz CT molecular complexity index is 425. The molecule has 1 aliphatic carbocycles. The molecular weight excluding hydrogens is 242 g/mol. The third-order valence-corrected chi connectivity index (χ3v) is 3.66. The quantitative estimate of drug-likeness (QED) is 0.910. The first kappa shape index (κ1) is 14.3. The van der Waals surface area contributed by atoms with Gasteiger partial charge in [-0.3, -0.25) is 0 Å². The number of aromatic nitrogens is 2. The van der Waals surface area contributed by atoms with E-state index >= 15 is 0 Å². The van der Waals surface area contributed by atoms with Crippen LogP contribution in [0.2, 0.25) is 0 Å². The molecule has 5 heteroatoms. The lowest BCUT2D eigenvalue weighted by molar-refractivity contribution is -0.0658. The normalized spacial score (nSPS) is 28.4. The van der Waals surface area contributed by atoms with E-state index in [1.54, 1.807) is 7.11 Å². The van der Waals surface area contributed by atoms with Crippen LogP contribution in [0, 0.1) is 5.92 Å². The van der Waals surface area contributed by atoms with Crippen LogP contribution in [0.25, 0.3) is 0 Å². The molecule has 1 aliphatic rings. The molecule has 2 rings (SSSR count). The lowest BCUT2D eigenvalue weighted by atomic mass is 9.78. The summed E-state index contributed by atoms with van der Waals surface area (Å²) in [4.78, 5) is 4.48. The average molecular weight is 267 g/mol. The molecule has 0 bridgehead atoms. The van der Waals surface area contributed by atoms with Gasteiger partial charge in [-0.2, -0.15) is 4.98 Å². The first-order chi connectivity index (χ1) is 8.85. The number of methoxy groups -OCH3 is 1. The molecule has 0 aliphatic heterocycles. The maximum Gasteiger partial charge on any atom is 0.321 e. The number of hydrogen-bond acceptors (Lipinski definition) is 5. The lowest BCUT2D eigenvalue weighted by Crippen LogP contribution is -2.35. The highest BCUT2D eigenvalue weighted by Crippen LogP contribution is 2.41. The Labute approximate surface area is 115 Å². The van der Waals surface area contributed by atoms with Gasteiger partial charge >= 0.3 is 6.01 Å². The van der Waals surface area contributed by atoms with E-state index in [4.69, 9.17) is 9.26 Å². The summed E-state index contributed by atoms with van der Waals surface area (Å²) in [5, 5.41) is 7.33. The van der Waals surface area contributed by atoms with E-state index in [0.29, 0.717) is 17.8 Å².